The second-order valence-electron chi connectivity index (χ2n) is 5.45. The molecule has 2 atom stereocenters. The van der Waals surface area contributed by atoms with Crippen molar-refractivity contribution in [3.05, 3.63) is 34.8 Å². The number of aryl methyl sites for hydroxylation is 1. The number of carbonyl (C=O) groups is 1. The standard InChI is InChI=1S/C17H23N3O2S/c1-5-14(16(18)21)19-10(2)15-11(3)20-17(23-15)12-6-8-13(22-4)9-7-12/h6-10,14,19H,5H2,1-4H3,(H2,18,21)/t10-,14-/m0/s1. The number of benzene rings is 1. The van der Waals surface area contributed by atoms with Crippen LogP contribution in [0.4, 0.5) is 0 Å². The molecule has 0 aliphatic carbocycles. The van der Waals surface area contributed by atoms with Crippen LogP contribution in [0.1, 0.15) is 36.9 Å². The summed E-state index contributed by atoms with van der Waals surface area (Å²) in [5, 5.41) is 4.24. The van der Waals surface area contributed by atoms with Gasteiger partial charge in [-0.05, 0) is 44.5 Å². The molecule has 0 saturated carbocycles. The van der Waals surface area contributed by atoms with E-state index in [1.165, 1.54) is 0 Å². The minimum Gasteiger partial charge on any atom is -0.497 e. The first-order valence-electron chi connectivity index (χ1n) is 7.63. The van der Waals surface area contributed by atoms with Crippen LogP contribution >= 0.6 is 11.3 Å². The molecule has 0 saturated heterocycles. The first kappa shape index (κ1) is 17.4. The molecule has 3 N–H and O–H groups in total. The van der Waals surface area contributed by atoms with Crippen LogP contribution < -0.4 is 15.8 Å². The Hall–Kier alpha value is -1.92. The number of aromatic nitrogens is 1. The molecule has 1 aromatic heterocycles. The van der Waals surface area contributed by atoms with Crippen LogP contribution in [0.25, 0.3) is 10.6 Å². The van der Waals surface area contributed by atoms with Gasteiger partial charge >= 0.3 is 0 Å². The molecular formula is C17H23N3O2S. The van der Waals surface area contributed by atoms with Gasteiger partial charge in [0.05, 0.1) is 18.8 Å². The summed E-state index contributed by atoms with van der Waals surface area (Å²) in [6.07, 6.45) is 0.670. The van der Waals surface area contributed by atoms with Crippen molar-refractivity contribution in [2.75, 3.05) is 7.11 Å². The fourth-order valence-electron chi connectivity index (χ4n) is 2.45. The van der Waals surface area contributed by atoms with E-state index in [1.807, 2.05) is 45.0 Å². The Morgan fingerprint density at radius 1 is 1.39 bits per heavy atom. The van der Waals surface area contributed by atoms with Crippen LogP contribution in [0.2, 0.25) is 0 Å². The minimum atomic E-state index is -0.323. The number of rotatable bonds is 7. The smallest absolute Gasteiger partial charge is 0.234 e. The molecular weight excluding hydrogens is 310 g/mol. The number of hydrogen-bond donors (Lipinski definition) is 2. The van der Waals surface area contributed by atoms with Crippen molar-refractivity contribution in [1.82, 2.24) is 10.3 Å². The third-order valence-electron chi connectivity index (χ3n) is 3.77. The van der Waals surface area contributed by atoms with Crippen LogP contribution in [0.3, 0.4) is 0 Å². The van der Waals surface area contributed by atoms with E-state index < -0.39 is 0 Å². The summed E-state index contributed by atoms with van der Waals surface area (Å²) < 4.78 is 5.18. The first-order chi connectivity index (χ1) is 11.0. The van der Waals surface area contributed by atoms with E-state index in [0.717, 1.165) is 26.9 Å². The second-order valence-corrected chi connectivity index (χ2v) is 6.48. The Bertz CT molecular complexity index is 667. The summed E-state index contributed by atoms with van der Waals surface area (Å²) in [7, 11) is 1.65. The molecule has 0 bridgehead atoms. The molecule has 0 fully saturated rings. The lowest BCUT2D eigenvalue weighted by molar-refractivity contribution is -0.120. The topological polar surface area (TPSA) is 77.2 Å². The third kappa shape index (κ3) is 4.09. The fraction of sp³-hybridized carbons (Fsp3) is 0.412. The summed E-state index contributed by atoms with van der Waals surface area (Å²) >= 11 is 1.63. The minimum absolute atomic E-state index is 0.0250. The van der Waals surface area contributed by atoms with E-state index in [9.17, 15) is 4.79 Å². The lowest BCUT2D eigenvalue weighted by atomic mass is 10.1. The molecule has 1 heterocycles. The molecule has 5 nitrogen and oxygen atoms in total. The van der Waals surface area contributed by atoms with Gasteiger partial charge in [0.15, 0.2) is 0 Å². The quantitative estimate of drug-likeness (QED) is 0.816. The molecule has 0 radical (unpaired) electrons. The summed E-state index contributed by atoms with van der Waals surface area (Å²) in [4.78, 5) is 17.2. The zero-order chi connectivity index (χ0) is 17.0. The van der Waals surface area contributed by atoms with E-state index >= 15 is 0 Å². The number of primary amides is 1. The molecule has 0 aliphatic rings. The van der Waals surface area contributed by atoms with Crippen molar-refractivity contribution in [2.24, 2.45) is 5.73 Å². The number of nitrogens with zero attached hydrogens (tertiary/aromatic N) is 1. The number of hydrogen-bond acceptors (Lipinski definition) is 5. The number of methoxy groups -OCH3 is 1. The molecule has 6 heteroatoms. The lowest BCUT2D eigenvalue weighted by Crippen LogP contribution is -2.41. The maximum Gasteiger partial charge on any atom is 0.234 e. The highest BCUT2D eigenvalue weighted by molar-refractivity contribution is 7.15. The molecule has 124 valence electrons. The Kier molecular flexibility index (Phi) is 5.74. The van der Waals surface area contributed by atoms with Crippen molar-refractivity contribution in [3.63, 3.8) is 0 Å². The van der Waals surface area contributed by atoms with Crippen molar-refractivity contribution in [3.8, 4) is 16.3 Å². The molecule has 2 rings (SSSR count). The fourth-order valence-corrected chi connectivity index (χ4v) is 3.53. The van der Waals surface area contributed by atoms with E-state index in [0.29, 0.717) is 6.42 Å². The van der Waals surface area contributed by atoms with Gasteiger partial charge in [0.25, 0.3) is 0 Å². The highest BCUT2D eigenvalue weighted by Crippen LogP contribution is 2.32. The van der Waals surface area contributed by atoms with Crippen molar-refractivity contribution < 1.29 is 9.53 Å². The maximum absolute atomic E-state index is 11.4. The van der Waals surface area contributed by atoms with E-state index in [2.05, 4.69) is 10.3 Å². The van der Waals surface area contributed by atoms with Gasteiger partial charge in [-0.2, -0.15) is 0 Å². The Labute approximate surface area is 140 Å². The average molecular weight is 333 g/mol. The predicted octanol–water partition coefficient (Wildman–Crippen LogP) is 3.04. The van der Waals surface area contributed by atoms with Crippen LogP contribution in [-0.2, 0) is 4.79 Å². The zero-order valence-electron chi connectivity index (χ0n) is 13.9. The van der Waals surface area contributed by atoms with Gasteiger partial charge in [0, 0.05) is 16.5 Å². The first-order valence-corrected chi connectivity index (χ1v) is 8.45. The van der Waals surface area contributed by atoms with Crippen LogP contribution in [0.15, 0.2) is 24.3 Å². The Morgan fingerprint density at radius 2 is 2.04 bits per heavy atom. The SMILES string of the molecule is CC[C@H](N[C@@H](C)c1sc(-c2ccc(OC)cc2)nc1C)C(N)=O. The van der Waals surface area contributed by atoms with Crippen molar-refractivity contribution in [1.29, 1.82) is 0 Å². The van der Waals surface area contributed by atoms with Gasteiger partial charge in [-0.1, -0.05) is 6.92 Å². The summed E-state index contributed by atoms with van der Waals surface area (Å²) in [6.45, 7) is 5.96. The Balaban J connectivity index is 2.21. The number of nitrogens with one attached hydrogen (secondary N) is 1. The molecule has 0 unspecified atom stereocenters. The van der Waals surface area contributed by atoms with Gasteiger partial charge in [-0.15, -0.1) is 11.3 Å². The van der Waals surface area contributed by atoms with Gasteiger partial charge in [0.1, 0.15) is 10.8 Å². The summed E-state index contributed by atoms with van der Waals surface area (Å²) in [5.74, 6) is 0.501. The summed E-state index contributed by atoms with van der Waals surface area (Å²) in [5.41, 5.74) is 7.44. The number of thiazole rings is 1. The number of nitrogens with two attached hydrogens (primary N) is 1. The molecule has 0 spiro atoms. The van der Waals surface area contributed by atoms with Crippen LogP contribution in [0.5, 0.6) is 5.75 Å². The molecule has 2 aromatic rings. The summed E-state index contributed by atoms with van der Waals surface area (Å²) in [6, 6.07) is 7.54. The molecule has 0 aliphatic heterocycles. The largest absolute Gasteiger partial charge is 0.497 e. The normalized spacial score (nSPS) is 13.6. The highest BCUT2D eigenvalue weighted by Gasteiger charge is 2.20. The van der Waals surface area contributed by atoms with Crippen molar-refractivity contribution >= 4 is 17.2 Å². The van der Waals surface area contributed by atoms with Gasteiger partial charge in [0.2, 0.25) is 5.91 Å². The van der Waals surface area contributed by atoms with Gasteiger partial charge < -0.3 is 10.5 Å². The van der Waals surface area contributed by atoms with Crippen LogP contribution in [0, 0.1) is 6.92 Å². The lowest BCUT2D eigenvalue weighted by Gasteiger charge is -2.19. The predicted molar refractivity (Wildman–Crippen MR) is 93.7 cm³/mol. The number of ether oxygens (including phenoxy) is 1. The van der Waals surface area contributed by atoms with E-state index in [-0.39, 0.29) is 18.0 Å². The number of amides is 1. The highest BCUT2D eigenvalue weighted by atomic mass is 32.1. The molecule has 23 heavy (non-hydrogen) atoms. The zero-order valence-corrected chi connectivity index (χ0v) is 14.7. The van der Waals surface area contributed by atoms with E-state index in [4.69, 9.17) is 10.5 Å². The molecule has 1 aromatic carbocycles. The number of carbonyl (C=O) groups excluding carboxylic acids is 1. The van der Waals surface area contributed by atoms with Crippen molar-refractivity contribution in [2.45, 2.75) is 39.3 Å². The Morgan fingerprint density at radius 3 is 2.57 bits per heavy atom. The van der Waals surface area contributed by atoms with Crippen LogP contribution in [-0.4, -0.2) is 24.0 Å². The second kappa shape index (κ2) is 7.57. The third-order valence-corrected chi connectivity index (χ3v) is 5.15. The van der Waals surface area contributed by atoms with Gasteiger partial charge in [-0.25, -0.2) is 4.98 Å². The maximum atomic E-state index is 11.4. The molecule has 1 amide bonds. The van der Waals surface area contributed by atoms with Gasteiger partial charge in [-0.3, -0.25) is 10.1 Å². The monoisotopic (exact) mass is 333 g/mol. The average Bonchev–Trinajstić information content (AvgIpc) is 2.94. The van der Waals surface area contributed by atoms with E-state index in [1.54, 1.807) is 18.4 Å².